The number of aromatic amines is 1. The first kappa shape index (κ1) is 14.2. The molecule has 19 heavy (non-hydrogen) atoms. The van der Waals surface area contributed by atoms with E-state index < -0.39 is 0 Å². The first-order valence-electron chi connectivity index (χ1n) is 6.45. The van der Waals surface area contributed by atoms with E-state index >= 15 is 0 Å². The van der Waals surface area contributed by atoms with Crippen LogP contribution in [0.15, 0.2) is 35.4 Å². The number of benzene rings is 1. The lowest BCUT2D eigenvalue weighted by Gasteiger charge is -2.03. The number of nitrogens with zero attached hydrogens (tertiary/aromatic N) is 1. The van der Waals surface area contributed by atoms with Gasteiger partial charge in [0.2, 0.25) is 0 Å². The molecule has 3 nitrogen and oxygen atoms in total. The quantitative estimate of drug-likeness (QED) is 0.811. The Kier molecular flexibility index (Phi) is 5.05. The minimum atomic E-state index is 0.456. The third-order valence-electron chi connectivity index (χ3n) is 2.87. The van der Waals surface area contributed by atoms with Crippen molar-refractivity contribution in [1.29, 1.82) is 0 Å². The molecule has 0 fully saturated rings. The molecule has 4 heteroatoms. The second kappa shape index (κ2) is 6.78. The zero-order chi connectivity index (χ0) is 13.7. The van der Waals surface area contributed by atoms with Crippen LogP contribution in [0.4, 0.5) is 0 Å². The van der Waals surface area contributed by atoms with E-state index in [-0.39, 0.29) is 0 Å². The van der Waals surface area contributed by atoms with Gasteiger partial charge in [-0.05, 0) is 17.7 Å². The van der Waals surface area contributed by atoms with Gasteiger partial charge in [0.05, 0.1) is 12.3 Å². The lowest BCUT2D eigenvalue weighted by Crippen LogP contribution is -1.96. The number of aromatic nitrogens is 2. The number of hydrogen-bond donors (Lipinski definition) is 1. The van der Waals surface area contributed by atoms with Crippen molar-refractivity contribution in [2.45, 2.75) is 38.0 Å². The van der Waals surface area contributed by atoms with Crippen LogP contribution in [-0.2, 0) is 18.0 Å². The average molecular weight is 276 g/mol. The van der Waals surface area contributed by atoms with Gasteiger partial charge in [-0.1, -0.05) is 44.2 Å². The number of hydrogen-bond acceptors (Lipinski definition) is 3. The van der Waals surface area contributed by atoms with Crippen molar-refractivity contribution in [3.63, 3.8) is 0 Å². The predicted molar refractivity (Wildman–Crippen MR) is 79.4 cm³/mol. The van der Waals surface area contributed by atoms with Gasteiger partial charge < -0.3 is 9.72 Å². The van der Waals surface area contributed by atoms with Crippen LogP contribution in [-0.4, -0.2) is 16.2 Å². The second-order valence-corrected chi connectivity index (χ2v) is 5.53. The number of imidazole rings is 1. The molecule has 0 saturated carbocycles. The van der Waals surface area contributed by atoms with Crippen molar-refractivity contribution >= 4 is 11.8 Å². The van der Waals surface area contributed by atoms with Crippen LogP contribution >= 0.6 is 11.8 Å². The lowest BCUT2D eigenvalue weighted by molar-refractivity contribution is 0.102. The summed E-state index contributed by atoms with van der Waals surface area (Å²) < 4.78 is 5.70. The Labute approximate surface area is 118 Å². The highest BCUT2D eigenvalue weighted by Crippen LogP contribution is 2.24. The Morgan fingerprint density at radius 1 is 1.21 bits per heavy atom. The summed E-state index contributed by atoms with van der Waals surface area (Å²) in [5.41, 5.74) is 2.38. The molecule has 0 amide bonds. The summed E-state index contributed by atoms with van der Waals surface area (Å²) in [6.45, 7) is 5.48. The van der Waals surface area contributed by atoms with Gasteiger partial charge in [0.1, 0.15) is 17.5 Å². The monoisotopic (exact) mass is 276 g/mol. The smallest absolute Gasteiger partial charge is 0.133 e. The molecule has 102 valence electrons. The lowest BCUT2D eigenvalue weighted by atomic mass is 10.2. The zero-order valence-corrected chi connectivity index (χ0v) is 12.5. The summed E-state index contributed by atoms with van der Waals surface area (Å²) in [7, 11) is 0. The number of thioether (sulfide) groups is 1. The Morgan fingerprint density at radius 3 is 2.53 bits per heavy atom. The molecule has 0 aliphatic rings. The molecule has 1 aromatic carbocycles. The van der Waals surface area contributed by atoms with Gasteiger partial charge in [-0.3, -0.25) is 0 Å². The molecule has 2 rings (SSSR count). The Hall–Kier alpha value is -1.26. The molecule has 0 spiro atoms. The molecule has 0 bridgehead atoms. The fourth-order valence-corrected chi connectivity index (χ4v) is 2.58. The Morgan fingerprint density at radius 2 is 1.95 bits per heavy atom. The Bertz CT molecular complexity index is 508. The molecular formula is C15H20N2OS. The average Bonchev–Trinajstić information content (AvgIpc) is 2.83. The molecule has 0 aliphatic heterocycles. The van der Waals surface area contributed by atoms with Crippen LogP contribution < -0.4 is 0 Å². The van der Waals surface area contributed by atoms with Crippen molar-refractivity contribution in [3.8, 4) is 0 Å². The molecule has 2 aromatic rings. The zero-order valence-electron chi connectivity index (χ0n) is 11.6. The van der Waals surface area contributed by atoms with Crippen LogP contribution in [0, 0.1) is 0 Å². The van der Waals surface area contributed by atoms with Crippen molar-refractivity contribution in [3.05, 3.63) is 47.4 Å². The van der Waals surface area contributed by atoms with Gasteiger partial charge in [-0.15, -0.1) is 11.8 Å². The third-order valence-corrected chi connectivity index (χ3v) is 3.56. The summed E-state index contributed by atoms with van der Waals surface area (Å²) >= 11 is 1.68. The summed E-state index contributed by atoms with van der Waals surface area (Å²) in [4.78, 5) is 7.92. The molecular weight excluding hydrogens is 256 g/mol. The van der Waals surface area contributed by atoms with E-state index in [2.05, 4.69) is 42.2 Å². The summed E-state index contributed by atoms with van der Waals surface area (Å²) in [5.74, 6) is 1.36. The number of H-pyrrole nitrogens is 1. The molecule has 1 heterocycles. The summed E-state index contributed by atoms with van der Waals surface area (Å²) in [6.07, 6.45) is 2.05. The van der Waals surface area contributed by atoms with Crippen LogP contribution in [0.25, 0.3) is 0 Å². The van der Waals surface area contributed by atoms with Gasteiger partial charge in [0, 0.05) is 0 Å². The first-order valence-corrected chi connectivity index (χ1v) is 7.67. The first-order chi connectivity index (χ1) is 9.20. The molecule has 0 radical (unpaired) electrons. The van der Waals surface area contributed by atoms with Crippen LogP contribution in [0.2, 0.25) is 0 Å². The highest BCUT2D eigenvalue weighted by molar-refractivity contribution is 7.98. The molecule has 0 atom stereocenters. The minimum absolute atomic E-state index is 0.456. The maximum absolute atomic E-state index is 5.70. The van der Waals surface area contributed by atoms with Crippen LogP contribution in [0.5, 0.6) is 0 Å². The SMILES string of the molecule is CSc1nc(COCc2ccccc2)[nH]c1C(C)C. The largest absolute Gasteiger partial charge is 0.369 e. The van der Waals surface area contributed by atoms with Crippen molar-refractivity contribution < 1.29 is 4.74 Å². The van der Waals surface area contributed by atoms with Crippen LogP contribution in [0.3, 0.4) is 0 Å². The van der Waals surface area contributed by atoms with E-state index in [0.29, 0.717) is 19.1 Å². The van der Waals surface area contributed by atoms with Gasteiger partial charge in [0.15, 0.2) is 0 Å². The third kappa shape index (κ3) is 3.85. The molecule has 0 aliphatic carbocycles. The van der Waals surface area contributed by atoms with Gasteiger partial charge in [-0.2, -0.15) is 0 Å². The standard InChI is InChI=1S/C15H20N2OS/c1-11(2)14-15(19-3)17-13(16-14)10-18-9-12-7-5-4-6-8-12/h4-8,11H,9-10H2,1-3H3,(H,16,17). The van der Waals surface area contributed by atoms with Gasteiger partial charge in [-0.25, -0.2) is 4.98 Å². The predicted octanol–water partition coefficient (Wildman–Crippen LogP) is 3.97. The molecule has 1 aromatic heterocycles. The maximum Gasteiger partial charge on any atom is 0.133 e. The summed E-state index contributed by atoms with van der Waals surface area (Å²) in [5, 5.41) is 1.08. The minimum Gasteiger partial charge on any atom is -0.369 e. The van der Waals surface area contributed by atoms with Crippen molar-refractivity contribution in [1.82, 2.24) is 9.97 Å². The van der Waals surface area contributed by atoms with Gasteiger partial charge >= 0.3 is 0 Å². The molecule has 1 N–H and O–H groups in total. The molecule has 0 unspecified atom stereocenters. The second-order valence-electron chi connectivity index (χ2n) is 4.74. The number of ether oxygens (including phenoxy) is 1. The van der Waals surface area contributed by atoms with E-state index in [1.807, 2.05) is 18.2 Å². The fraction of sp³-hybridized carbons (Fsp3) is 0.400. The van der Waals surface area contributed by atoms with E-state index in [9.17, 15) is 0 Å². The highest BCUT2D eigenvalue weighted by Gasteiger charge is 2.12. The van der Waals surface area contributed by atoms with E-state index in [1.54, 1.807) is 11.8 Å². The maximum atomic E-state index is 5.70. The topological polar surface area (TPSA) is 37.9 Å². The highest BCUT2D eigenvalue weighted by atomic mass is 32.2. The number of nitrogens with one attached hydrogen (secondary N) is 1. The van der Waals surface area contributed by atoms with Crippen molar-refractivity contribution in [2.24, 2.45) is 0 Å². The van der Waals surface area contributed by atoms with E-state index in [4.69, 9.17) is 4.74 Å². The van der Waals surface area contributed by atoms with Crippen LogP contribution in [0.1, 0.15) is 36.8 Å². The van der Waals surface area contributed by atoms with E-state index in [0.717, 1.165) is 10.9 Å². The van der Waals surface area contributed by atoms with Gasteiger partial charge in [0.25, 0.3) is 0 Å². The summed E-state index contributed by atoms with van der Waals surface area (Å²) in [6, 6.07) is 10.2. The molecule has 0 saturated heterocycles. The normalized spacial score (nSPS) is 11.2. The number of rotatable bonds is 6. The fourth-order valence-electron chi connectivity index (χ4n) is 1.87. The Balaban J connectivity index is 1.93. The van der Waals surface area contributed by atoms with E-state index in [1.165, 1.54) is 11.3 Å². The van der Waals surface area contributed by atoms with Crippen molar-refractivity contribution in [2.75, 3.05) is 6.26 Å².